The van der Waals surface area contributed by atoms with E-state index in [1.54, 1.807) is 0 Å². The first-order valence-corrected chi connectivity index (χ1v) is 21.4. The summed E-state index contributed by atoms with van der Waals surface area (Å²) in [5.74, 6) is 0.252. The number of hydrogen-bond donors (Lipinski definition) is 0. The molecule has 4 nitrogen and oxygen atoms in total. The predicted octanol–water partition coefficient (Wildman–Crippen LogP) is 13.4. The van der Waals surface area contributed by atoms with E-state index in [1.807, 2.05) is 17.4 Å². The second-order valence-electron chi connectivity index (χ2n) is 16.2. The minimum absolute atomic E-state index is 0.252. The van der Waals surface area contributed by atoms with Gasteiger partial charge in [-0.2, -0.15) is 0 Å². The van der Waals surface area contributed by atoms with Gasteiger partial charge in [0.05, 0.1) is 16.6 Å². The van der Waals surface area contributed by atoms with E-state index >= 15 is 0 Å². The topological polar surface area (TPSA) is 36.1 Å². The zero-order chi connectivity index (χ0) is 38.3. The van der Waals surface area contributed by atoms with E-state index in [9.17, 15) is 0 Å². The molecule has 0 saturated heterocycles. The maximum absolute atomic E-state index is 6.49. The van der Waals surface area contributed by atoms with Crippen molar-refractivity contribution in [2.45, 2.75) is 25.2 Å². The highest BCUT2D eigenvalue weighted by atomic mass is 32.1. The van der Waals surface area contributed by atoms with Crippen molar-refractivity contribution < 1.29 is 8.83 Å². The van der Waals surface area contributed by atoms with E-state index in [-0.39, 0.29) is 5.92 Å². The van der Waals surface area contributed by atoms with Gasteiger partial charge in [0, 0.05) is 80.7 Å². The Morgan fingerprint density at radius 2 is 1.27 bits per heavy atom. The SMILES string of the molecule is C1=Cc2c(c3c4sc5c(ccc6c5c5ccccc5n6-c5ccc6oc7ccc(C8C=c9c(oc%10ccccc9%10)=CC8)cc7c6c5)c4ccc3n2-c2ccccc2)CC1. The minimum Gasteiger partial charge on any atom is -0.456 e. The van der Waals surface area contributed by atoms with Crippen molar-refractivity contribution >= 4 is 115 Å². The summed E-state index contributed by atoms with van der Waals surface area (Å²) in [5, 5.41) is 11.3. The third-order valence-electron chi connectivity index (χ3n) is 13.1. The molecule has 1 unspecified atom stereocenters. The Balaban J connectivity index is 0.967. The first-order valence-electron chi connectivity index (χ1n) is 20.6. The molecule has 14 rings (SSSR count). The van der Waals surface area contributed by atoms with Crippen LogP contribution in [-0.2, 0) is 6.42 Å². The lowest BCUT2D eigenvalue weighted by atomic mass is 9.90. The summed E-state index contributed by atoms with van der Waals surface area (Å²) >= 11 is 1.97. The van der Waals surface area contributed by atoms with Crippen molar-refractivity contribution in [3.05, 3.63) is 173 Å². The summed E-state index contributed by atoms with van der Waals surface area (Å²) in [6.45, 7) is 0. The fourth-order valence-electron chi connectivity index (χ4n) is 10.5. The standard InChI is InChI=1S/C54H34N2O2S/c1-2-10-33(11-3-1)55-43-15-7-4-13-38(43)51-45(55)23-21-36-37-22-24-46-52(54(37)59-53(36)51)39-14-5-8-16-44(39)56(46)34-20-27-50-42(30-34)41-29-32(19-26-49(41)58-50)31-18-25-48-40(28-31)35-12-6-9-17-47(35)57-48/h1-3,5-12,14-17,19-31H,4,13,18H2. The van der Waals surface area contributed by atoms with Gasteiger partial charge >= 0.3 is 0 Å². The number of nitrogens with zero attached hydrogens (tertiary/aromatic N) is 2. The molecule has 5 heterocycles. The number of aryl methyl sites for hydroxylation is 1. The smallest absolute Gasteiger partial charge is 0.135 e. The molecule has 0 radical (unpaired) electrons. The van der Waals surface area contributed by atoms with Gasteiger partial charge in [-0.25, -0.2) is 0 Å². The van der Waals surface area contributed by atoms with Crippen molar-refractivity contribution in [3.63, 3.8) is 0 Å². The monoisotopic (exact) mass is 774 g/mol. The first kappa shape index (κ1) is 31.9. The van der Waals surface area contributed by atoms with Crippen molar-refractivity contribution in [2.75, 3.05) is 0 Å². The van der Waals surface area contributed by atoms with Crippen LogP contribution in [0.3, 0.4) is 0 Å². The Labute approximate surface area is 341 Å². The average molecular weight is 775 g/mol. The molecule has 1 atom stereocenters. The molecule has 2 aliphatic carbocycles. The van der Waals surface area contributed by atoms with Crippen LogP contribution in [0, 0.1) is 0 Å². The van der Waals surface area contributed by atoms with E-state index in [2.05, 4.69) is 167 Å². The van der Waals surface area contributed by atoms with Gasteiger partial charge in [0.25, 0.3) is 0 Å². The number of rotatable bonds is 3. The van der Waals surface area contributed by atoms with Gasteiger partial charge in [0.2, 0.25) is 0 Å². The van der Waals surface area contributed by atoms with Crippen molar-refractivity contribution in [3.8, 4) is 11.4 Å². The average Bonchev–Trinajstić information content (AvgIpc) is 4.10. The van der Waals surface area contributed by atoms with E-state index < -0.39 is 0 Å². The lowest BCUT2D eigenvalue weighted by molar-refractivity contribution is 0.570. The molecule has 0 N–H and O–H groups in total. The Morgan fingerprint density at radius 1 is 0.542 bits per heavy atom. The summed E-state index contributed by atoms with van der Waals surface area (Å²) in [6, 6.07) is 51.0. The molecule has 0 amide bonds. The quantitative estimate of drug-likeness (QED) is 0.179. The molecule has 0 aliphatic heterocycles. The highest BCUT2D eigenvalue weighted by molar-refractivity contribution is 7.27. The maximum Gasteiger partial charge on any atom is 0.135 e. The van der Waals surface area contributed by atoms with Crippen molar-refractivity contribution in [1.82, 2.24) is 9.13 Å². The third kappa shape index (κ3) is 4.37. The number of thiophene rings is 1. The molecule has 12 aromatic rings. The summed E-state index contributed by atoms with van der Waals surface area (Å²) in [6.07, 6.45) is 12.3. The van der Waals surface area contributed by atoms with Crippen LogP contribution in [0.15, 0.2) is 154 Å². The van der Waals surface area contributed by atoms with E-state index in [0.717, 1.165) is 57.9 Å². The highest BCUT2D eigenvalue weighted by Crippen LogP contribution is 2.48. The largest absolute Gasteiger partial charge is 0.456 e. The molecule has 278 valence electrons. The van der Waals surface area contributed by atoms with Crippen LogP contribution < -0.4 is 10.6 Å². The summed E-state index contributed by atoms with van der Waals surface area (Å²) in [4.78, 5) is 0. The Hall–Kier alpha value is -7.08. The molecule has 2 aliphatic rings. The van der Waals surface area contributed by atoms with Gasteiger partial charge in [0.1, 0.15) is 22.2 Å². The molecule has 5 aromatic heterocycles. The lowest BCUT2D eigenvalue weighted by Crippen LogP contribution is -2.24. The number of fused-ring (bicyclic) bond motifs is 17. The fraction of sp³-hybridized carbons (Fsp3) is 0.0741. The van der Waals surface area contributed by atoms with E-state index in [1.165, 1.54) is 86.0 Å². The molecule has 0 fully saturated rings. The molecule has 59 heavy (non-hydrogen) atoms. The number of para-hydroxylation sites is 3. The first-order chi connectivity index (χ1) is 29.2. The van der Waals surface area contributed by atoms with Gasteiger partial charge in [0.15, 0.2) is 0 Å². The van der Waals surface area contributed by atoms with Crippen LogP contribution in [-0.4, -0.2) is 9.13 Å². The Kier molecular flexibility index (Phi) is 6.36. The summed E-state index contributed by atoms with van der Waals surface area (Å²) in [7, 11) is 0. The van der Waals surface area contributed by atoms with Crippen LogP contribution in [0.4, 0.5) is 0 Å². The number of furan rings is 2. The van der Waals surface area contributed by atoms with Crippen LogP contribution in [0.1, 0.15) is 35.6 Å². The van der Waals surface area contributed by atoms with E-state index in [4.69, 9.17) is 8.83 Å². The van der Waals surface area contributed by atoms with Gasteiger partial charge in [-0.3, -0.25) is 0 Å². The zero-order valence-electron chi connectivity index (χ0n) is 31.9. The summed E-state index contributed by atoms with van der Waals surface area (Å²) < 4.78 is 20.3. The number of aromatic nitrogens is 2. The number of hydrogen-bond acceptors (Lipinski definition) is 3. The van der Waals surface area contributed by atoms with Gasteiger partial charge in [-0.1, -0.05) is 84.9 Å². The van der Waals surface area contributed by atoms with Crippen LogP contribution in [0.5, 0.6) is 0 Å². The predicted molar refractivity (Wildman–Crippen MR) is 247 cm³/mol. The summed E-state index contributed by atoms with van der Waals surface area (Å²) in [5.41, 5.74) is 13.9. The third-order valence-corrected chi connectivity index (χ3v) is 14.4. The van der Waals surface area contributed by atoms with Gasteiger partial charge < -0.3 is 18.0 Å². The minimum atomic E-state index is 0.252. The number of benzene rings is 7. The zero-order valence-corrected chi connectivity index (χ0v) is 32.7. The number of allylic oxidation sites excluding steroid dienone is 1. The normalized spacial score (nSPS) is 15.3. The Bertz CT molecular complexity index is 3940. The molecule has 0 saturated carbocycles. The van der Waals surface area contributed by atoms with Crippen LogP contribution >= 0.6 is 11.3 Å². The van der Waals surface area contributed by atoms with E-state index in [0.29, 0.717) is 0 Å². The fourth-order valence-corrected chi connectivity index (χ4v) is 11.9. The van der Waals surface area contributed by atoms with Crippen molar-refractivity contribution in [1.29, 1.82) is 0 Å². The van der Waals surface area contributed by atoms with Gasteiger partial charge in [-0.05, 0) is 109 Å². The molecule has 0 spiro atoms. The highest BCUT2D eigenvalue weighted by Gasteiger charge is 2.24. The molecular formula is C54H34N2O2S. The lowest BCUT2D eigenvalue weighted by Gasteiger charge is -2.13. The van der Waals surface area contributed by atoms with Gasteiger partial charge in [-0.15, -0.1) is 11.3 Å². The molecule has 0 bridgehead atoms. The Morgan fingerprint density at radius 3 is 2.15 bits per heavy atom. The molecule has 5 heteroatoms. The second kappa shape index (κ2) is 11.8. The van der Waals surface area contributed by atoms with Crippen LogP contribution in [0.2, 0.25) is 0 Å². The maximum atomic E-state index is 6.49. The van der Waals surface area contributed by atoms with Crippen molar-refractivity contribution in [2.24, 2.45) is 0 Å². The molecule has 7 aromatic carbocycles. The second-order valence-corrected chi connectivity index (χ2v) is 17.3. The molecular weight excluding hydrogens is 741 g/mol. The van der Waals surface area contributed by atoms with Crippen LogP contribution in [0.25, 0.3) is 115 Å².